The largest absolute Gasteiger partial charge is 0.466 e. The van der Waals surface area contributed by atoms with E-state index in [0.717, 1.165) is 4.90 Å². The van der Waals surface area contributed by atoms with Crippen molar-refractivity contribution in [2.75, 3.05) is 6.54 Å². The standard InChI is InChI=1S/C14H12N2O4S/c1-14(11-5-2-6-20-11)12(18)16(13(19)15-14)8-9(17)10-4-3-7-21-10/h2-7H,8H2,1H3,(H,15,19). The third-order valence-electron chi connectivity index (χ3n) is 3.39. The zero-order chi connectivity index (χ0) is 15.0. The number of Topliss-reactive ketones (excluding diaryl/α,β-unsaturated/α-hetero) is 1. The molecule has 3 rings (SSSR count). The topological polar surface area (TPSA) is 79.6 Å². The van der Waals surface area contributed by atoms with E-state index in [0.29, 0.717) is 10.6 Å². The van der Waals surface area contributed by atoms with Crippen molar-refractivity contribution >= 4 is 29.1 Å². The maximum atomic E-state index is 12.5. The third kappa shape index (κ3) is 2.15. The van der Waals surface area contributed by atoms with Crippen LogP contribution in [-0.4, -0.2) is 29.2 Å². The molecule has 7 heteroatoms. The van der Waals surface area contributed by atoms with Gasteiger partial charge in [0.05, 0.1) is 17.7 Å². The number of furan rings is 1. The number of hydrogen-bond donors (Lipinski definition) is 1. The Hall–Kier alpha value is -2.41. The average Bonchev–Trinajstić information content (AvgIpc) is 3.17. The molecule has 0 bridgehead atoms. The van der Waals surface area contributed by atoms with E-state index in [2.05, 4.69) is 5.32 Å². The summed E-state index contributed by atoms with van der Waals surface area (Å²) in [5.74, 6) is -0.420. The van der Waals surface area contributed by atoms with Crippen LogP contribution < -0.4 is 5.32 Å². The van der Waals surface area contributed by atoms with Crippen molar-refractivity contribution in [3.05, 3.63) is 46.5 Å². The number of amides is 3. The highest BCUT2D eigenvalue weighted by molar-refractivity contribution is 7.12. The van der Waals surface area contributed by atoms with Gasteiger partial charge in [-0.2, -0.15) is 0 Å². The first-order valence-corrected chi connectivity index (χ1v) is 7.15. The zero-order valence-electron chi connectivity index (χ0n) is 11.2. The second kappa shape index (κ2) is 4.85. The van der Waals surface area contributed by atoms with Crippen molar-refractivity contribution in [1.29, 1.82) is 0 Å². The molecule has 108 valence electrons. The summed E-state index contributed by atoms with van der Waals surface area (Å²) in [5, 5.41) is 4.35. The van der Waals surface area contributed by atoms with Gasteiger partial charge < -0.3 is 9.73 Å². The fourth-order valence-corrected chi connectivity index (χ4v) is 2.89. The van der Waals surface area contributed by atoms with Crippen molar-refractivity contribution in [3.63, 3.8) is 0 Å². The van der Waals surface area contributed by atoms with Gasteiger partial charge in [-0.05, 0) is 30.5 Å². The summed E-state index contributed by atoms with van der Waals surface area (Å²) in [6.45, 7) is 1.28. The average molecular weight is 304 g/mol. The van der Waals surface area contributed by atoms with Gasteiger partial charge in [0.15, 0.2) is 11.3 Å². The highest BCUT2D eigenvalue weighted by Crippen LogP contribution is 2.29. The van der Waals surface area contributed by atoms with E-state index in [1.807, 2.05) is 0 Å². The quantitative estimate of drug-likeness (QED) is 0.692. The summed E-state index contributed by atoms with van der Waals surface area (Å²) in [6.07, 6.45) is 1.43. The first-order valence-electron chi connectivity index (χ1n) is 6.27. The van der Waals surface area contributed by atoms with Crippen LogP contribution in [0.1, 0.15) is 22.4 Å². The molecule has 21 heavy (non-hydrogen) atoms. The molecule has 3 heterocycles. The van der Waals surface area contributed by atoms with Crippen LogP contribution in [0, 0.1) is 0 Å². The van der Waals surface area contributed by atoms with Gasteiger partial charge in [0.25, 0.3) is 5.91 Å². The van der Waals surface area contributed by atoms with Crippen molar-refractivity contribution in [1.82, 2.24) is 10.2 Å². The van der Waals surface area contributed by atoms with Crippen LogP contribution >= 0.6 is 11.3 Å². The smallest absolute Gasteiger partial charge is 0.325 e. The number of hydrogen-bond acceptors (Lipinski definition) is 5. The van der Waals surface area contributed by atoms with E-state index in [1.54, 1.807) is 36.6 Å². The van der Waals surface area contributed by atoms with E-state index < -0.39 is 17.5 Å². The number of ketones is 1. The van der Waals surface area contributed by atoms with Crippen molar-refractivity contribution in [2.45, 2.75) is 12.5 Å². The molecule has 6 nitrogen and oxygen atoms in total. The molecule has 1 unspecified atom stereocenters. The van der Waals surface area contributed by atoms with E-state index >= 15 is 0 Å². The Labute approximate surface area is 124 Å². The number of rotatable bonds is 4. The maximum Gasteiger partial charge on any atom is 0.325 e. The minimum absolute atomic E-state index is 0.266. The predicted octanol–water partition coefficient (Wildman–Crippen LogP) is 1.99. The van der Waals surface area contributed by atoms with Gasteiger partial charge in [0.1, 0.15) is 5.76 Å². The number of imide groups is 1. The lowest BCUT2D eigenvalue weighted by Crippen LogP contribution is -2.41. The number of urea groups is 1. The lowest BCUT2D eigenvalue weighted by Gasteiger charge is -2.18. The normalized spacial score (nSPS) is 21.7. The Bertz CT molecular complexity index is 693. The number of nitrogens with one attached hydrogen (secondary N) is 1. The monoisotopic (exact) mass is 304 g/mol. The Balaban J connectivity index is 1.83. The molecule has 0 saturated carbocycles. The SMILES string of the molecule is CC1(c2ccco2)NC(=O)N(CC(=O)c2cccs2)C1=O. The number of carbonyl (C=O) groups excluding carboxylic acids is 3. The molecule has 1 atom stereocenters. The van der Waals surface area contributed by atoms with Crippen LogP contribution in [0.2, 0.25) is 0 Å². The van der Waals surface area contributed by atoms with E-state index in [4.69, 9.17) is 4.42 Å². The third-order valence-corrected chi connectivity index (χ3v) is 4.30. The second-order valence-corrected chi connectivity index (χ2v) is 5.77. The predicted molar refractivity (Wildman–Crippen MR) is 75.0 cm³/mol. The molecule has 1 aliphatic heterocycles. The van der Waals surface area contributed by atoms with Crippen LogP contribution in [0.5, 0.6) is 0 Å². The van der Waals surface area contributed by atoms with Gasteiger partial charge in [0, 0.05) is 0 Å². The molecule has 2 aromatic heterocycles. The first-order chi connectivity index (χ1) is 10.0. The number of thiophene rings is 1. The fourth-order valence-electron chi connectivity index (χ4n) is 2.23. The molecule has 1 N–H and O–H groups in total. The summed E-state index contributed by atoms with van der Waals surface area (Å²) in [7, 11) is 0. The molecule has 0 radical (unpaired) electrons. The Morgan fingerprint density at radius 1 is 1.38 bits per heavy atom. The van der Waals surface area contributed by atoms with E-state index in [1.165, 1.54) is 17.6 Å². The van der Waals surface area contributed by atoms with Crippen LogP contribution in [0.15, 0.2) is 40.3 Å². The second-order valence-electron chi connectivity index (χ2n) is 4.82. The minimum atomic E-state index is -1.27. The van der Waals surface area contributed by atoms with Crippen molar-refractivity contribution < 1.29 is 18.8 Å². The molecular weight excluding hydrogens is 292 g/mol. The molecule has 0 aliphatic carbocycles. The van der Waals surface area contributed by atoms with Crippen LogP contribution in [0.3, 0.4) is 0 Å². The Morgan fingerprint density at radius 2 is 2.19 bits per heavy atom. The highest BCUT2D eigenvalue weighted by atomic mass is 32.1. The van der Waals surface area contributed by atoms with Gasteiger partial charge in [-0.15, -0.1) is 11.3 Å². The molecule has 1 aliphatic rings. The summed E-state index contributed by atoms with van der Waals surface area (Å²) in [4.78, 5) is 38.0. The number of nitrogens with zero attached hydrogens (tertiary/aromatic N) is 1. The van der Waals surface area contributed by atoms with Gasteiger partial charge in [-0.1, -0.05) is 6.07 Å². The summed E-state index contributed by atoms with van der Waals surface area (Å²) in [6, 6.07) is 6.07. The molecule has 3 amide bonds. The van der Waals surface area contributed by atoms with Crippen molar-refractivity contribution in [2.24, 2.45) is 0 Å². The van der Waals surface area contributed by atoms with Crippen LogP contribution in [0.4, 0.5) is 4.79 Å². The molecular formula is C14H12N2O4S. The van der Waals surface area contributed by atoms with Crippen molar-refractivity contribution in [3.8, 4) is 0 Å². The Morgan fingerprint density at radius 3 is 2.81 bits per heavy atom. The molecule has 0 aromatic carbocycles. The van der Waals surface area contributed by atoms with Gasteiger partial charge >= 0.3 is 6.03 Å². The summed E-state index contributed by atoms with van der Waals surface area (Å²) in [5.41, 5.74) is -1.27. The van der Waals surface area contributed by atoms with Crippen LogP contribution in [-0.2, 0) is 10.3 Å². The van der Waals surface area contributed by atoms with E-state index in [9.17, 15) is 14.4 Å². The lowest BCUT2D eigenvalue weighted by atomic mass is 9.99. The summed E-state index contributed by atoms with van der Waals surface area (Å²) >= 11 is 1.28. The maximum absolute atomic E-state index is 12.5. The number of carbonyl (C=O) groups is 3. The molecule has 1 fully saturated rings. The minimum Gasteiger partial charge on any atom is -0.466 e. The van der Waals surface area contributed by atoms with Gasteiger partial charge in [0.2, 0.25) is 0 Å². The fraction of sp³-hybridized carbons (Fsp3) is 0.214. The molecule has 1 saturated heterocycles. The molecule has 2 aromatic rings. The van der Waals surface area contributed by atoms with Crippen LogP contribution in [0.25, 0.3) is 0 Å². The zero-order valence-corrected chi connectivity index (χ0v) is 12.0. The van der Waals surface area contributed by atoms with E-state index in [-0.39, 0.29) is 12.3 Å². The Kier molecular flexibility index (Phi) is 3.13. The highest BCUT2D eigenvalue weighted by Gasteiger charge is 2.51. The van der Waals surface area contributed by atoms with Gasteiger partial charge in [-0.3, -0.25) is 14.5 Å². The first kappa shape index (κ1) is 13.6. The molecule has 0 spiro atoms. The summed E-state index contributed by atoms with van der Waals surface area (Å²) < 4.78 is 5.22. The lowest BCUT2D eigenvalue weighted by molar-refractivity contribution is -0.131. The van der Waals surface area contributed by atoms with Gasteiger partial charge in [-0.25, -0.2) is 4.79 Å².